The molecule has 1 aromatic rings. The van der Waals surface area contributed by atoms with Crippen LogP contribution in [-0.4, -0.2) is 25.0 Å². The topological polar surface area (TPSA) is 52.6 Å². The molecule has 92 valence electrons. The minimum absolute atomic E-state index is 0.0695. The molecule has 0 aliphatic carbocycles. The first-order chi connectivity index (χ1) is 8.00. The van der Waals surface area contributed by atoms with Crippen molar-refractivity contribution in [1.29, 1.82) is 0 Å². The largest absolute Gasteiger partial charge is 0.489 e. The molecule has 17 heavy (non-hydrogen) atoms. The van der Waals surface area contributed by atoms with Crippen LogP contribution in [0.4, 0.5) is 0 Å². The molecule has 0 aromatic heterocycles. The summed E-state index contributed by atoms with van der Waals surface area (Å²) in [4.78, 5) is 21.9. The van der Waals surface area contributed by atoms with Gasteiger partial charge in [0, 0.05) is 11.4 Å². The van der Waals surface area contributed by atoms with E-state index in [1.165, 1.54) is 13.8 Å². The Bertz CT molecular complexity index is 429. The van der Waals surface area contributed by atoms with Gasteiger partial charge in [0.25, 0.3) is 0 Å². The maximum Gasteiger partial charge on any atom is 0.302 e. The van der Waals surface area contributed by atoms with Gasteiger partial charge in [0.1, 0.15) is 19.0 Å². The highest BCUT2D eigenvalue weighted by Crippen LogP contribution is 2.24. The number of esters is 1. The third-order valence-electron chi connectivity index (χ3n) is 1.97. The average Bonchev–Trinajstić information content (AvgIpc) is 2.23. The lowest BCUT2D eigenvalue weighted by atomic mass is 10.1. The summed E-state index contributed by atoms with van der Waals surface area (Å²) < 4.78 is 11.0. The summed E-state index contributed by atoms with van der Waals surface area (Å²) in [6, 6.07) is 5.17. The van der Waals surface area contributed by atoms with Crippen molar-refractivity contribution in [2.45, 2.75) is 13.8 Å². The molecule has 0 atom stereocenters. The summed E-state index contributed by atoms with van der Waals surface area (Å²) in [5, 5.41) is 0. The lowest BCUT2D eigenvalue weighted by Gasteiger charge is -2.10. The van der Waals surface area contributed by atoms with Crippen molar-refractivity contribution in [3.8, 4) is 5.75 Å². The van der Waals surface area contributed by atoms with Gasteiger partial charge in [-0.2, -0.15) is 0 Å². The van der Waals surface area contributed by atoms with Crippen molar-refractivity contribution in [2.24, 2.45) is 0 Å². The third kappa shape index (κ3) is 4.56. The van der Waals surface area contributed by atoms with Gasteiger partial charge in [0.2, 0.25) is 0 Å². The number of halogens is 1. The molecule has 4 nitrogen and oxygen atoms in total. The van der Waals surface area contributed by atoms with Crippen LogP contribution in [0, 0.1) is 0 Å². The number of benzene rings is 1. The van der Waals surface area contributed by atoms with Gasteiger partial charge in [-0.1, -0.05) is 15.9 Å². The molecule has 0 unspecified atom stereocenters. The van der Waals surface area contributed by atoms with E-state index in [1.54, 1.807) is 18.2 Å². The Morgan fingerprint density at radius 3 is 2.53 bits per heavy atom. The Balaban J connectivity index is 2.65. The Morgan fingerprint density at radius 1 is 1.24 bits per heavy atom. The number of rotatable bonds is 5. The van der Waals surface area contributed by atoms with Crippen molar-refractivity contribution in [3.05, 3.63) is 28.2 Å². The zero-order chi connectivity index (χ0) is 12.8. The first kappa shape index (κ1) is 13.7. The molecule has 0 spiro atoms. The van der Waals surface area contributed by atoms with Gasteiger partial charge in [0.05, 0.1) is 5.56 Å². The zero-order valence-corrected chi connectivity index (χ0v) is 11.2. The summed E-state index contributed by atoms with van der Waals surface area (Å²) in [7, 11) is 0. The van der Waals surface area contributed by atoms with Crippen molar-refractivity contribution in [2.75, 3.05) is 13.2 Å². The molecule has 0 saturated heterocycles. The van der Waals surface area contributed by atoms with Gasteiger partial charge in [-0.05, 0) is 25.1 Å². The number of carbonyl (C=O) groups excluding carboxylic acids is 2. The number of ketones is 1. The predicted octanol–water partition coefficient (Wildman–Crippen LogP) is 2.59. The molecular formula is C12H13BrO4. The van der Waals surface area contributed by atoms with Crippen LogP contribution in [0.15, 0.2) is 22.7 Å². The molecule has 0 bridgehead atoms. The highest BCUT2D eigenvalue weighted by Gasteiger charge is 2.09. The van der Waals surface area contributed by atoms with Gasteiger partial charge in [0.15, 0.2) is 5.78 Å². The average molecular weight is 301 g/mol. The van der Waals surface area contributed by atoms with E-state index in [0.29, 0.717) is 11.3 Å². The van der Waals surface area contributed by atoms with Crippen LogP contribution in [-0.2, 0) is 9.53 Å². The molecule has 0 amide bonds. The maximum atomic E-state index is 11.3. The number of carbonyl (C=O) groups is 2. The van der Waals surface area contributed by atoms with Crippen molar-refractivity contribution in [1.82, 2.24) is 0 Å². The molecule has 0 N–H and O–H groups in total. The Morgan fingerprint density at radius 2 is 1.94 bits per heavy atom. The van der Waals surface area contributed by atoms with E-state index in [2.05, 4.69) is 15.9 Å². The molecule has 0 fully saturated rings. The SMILES string of the molecule is CC(=O)OCCOc1cc(Br)ccc1C(C)=O. The highest BCUT2D eigenvalue weighted by atomic mass is 79.9. The van der Waals surface area contributed by atoms with E-state index in [1.807, 2.05) is 0 Å². The number of hydrogen-bond donors (Lipinski definition) is 0. The Labute approximate surface area is 108 Å². The van der Waals surface area contributed by atoms with E-state index in [0.717, 1.165) is 4.47 Å². The summed E-state index contributed by atoms with van der Waals surface area (Å²) in [6.45, 7) is 3.19. The minimum atomic E-state index is -0.352. The Kier molecular flexibility index (Phi) is 5.15. The molecule has 5 heteroatoms. The van der Waals surface area contributed by atoms with Crippen LogP contribution >= 0.6 is 15.9 Å². The molecule has 0 radical (unpaired) electrons. The van der Waals surface area contributed by atoms with Gasteiger partial charge in [-0.25, -0.2) is 0 Å². The third-order valence-corrected chi connectivity index (χ3v) is 2.46. The molecule has 0 aliphatic rings. The fraction of sp³-hybridized carbons (Fsp3) is 0.333. The quantitative estimate of drug-likeness (QED) is 0.476. The van der Waals surface area contributed by atoms with Crippen LogP contribution in [0.2, 0.25) is 0 Å². The molecular weight excluding hydrogens is 288 g/mol. The monoisotopic (exact) mass is 300 g/mol. The second-order valence-corrected chi connectivity index (χ2v) is 4.30. The van der Waals surface area contributed by atoms with Crippen LogP contribution in [0.3, 0.4) is 0 Å². The number of hydrogen-bond acceptors (Lipinski definition) is 4. The predicted molar refractivity (Wildman–Crippen MR) is 66.3 cm³/mol. The van der Waals surface area contributed by atoms with E-state index in [9.17, 15) is 9.59 Å². The summed E-state index contributed by atoms with van der Waals surface area (Å²) in [5.41, 5.74) is 0.510. The van der Waals surface area contributed by atoms with Crippen molar-refractivity contribution in [3.63, 3.8) is 0 Å². The minimum Gasteiger partial charge on any atom is -0.489 e. The van der Waals surface area contributed by atoms with Gasteiger partial charge < -0.3 is 9.47 Å². The standard InChI is InChI=1S/C12H13BrO4/c1-8(14)11-4-3-10(13)7-12(11)17-6-5-16-9(2)15/h3-4,7H,5-6H2,1-2H3. The molecule has 1 aromatic carbocycles. The van der Waals surface area contributed by atoms with Crippen LogP contribution in [0.5, 0.6) is 5.75 Å². The smallest absolute Gasteiger partial charge is 0.302 e. The van der Waals surface area contributed by atoms with Gasteiger partial charge in [-0.15, -0.1) is 0 Å². The summed E-state index contributed by atoms with van der Waals surface area (Å²) in [6.07, 6.45) is 0. The summed E-state index contributed by atoms with van der Waals surface area (Å²) >= 11 is 3.30. The van der Waals surface area contributed by atoms with Crippen molar-refractivity contribution < 1.29 is 19.1 Å². The van der Waals surface area contributed by atoms with Gasteiger partial charge >= 0.3 is 5.97 Å². The Hall–Kier alpha value is -1.36. The van der Waals surface area contributed by atoms with E-state index in [4.69, 9.17) is 9.47 Å². The van der Waals surface area contributed by atoms with Crippen LogP contribution < -0.4 is 4.74 Å². The lowest BCUT2D eigenvalue weighted by Crippen LogP contribution is -2.11. The molecule has 0 saturated carbocycles. The fourth-order valence-corrected chi connectivity index (χ4v) is 1.58. The zero-order valence-electron chi connectivity index (χ0n) is 9.66. The van der Waals surface area contributed by atoms with E-state index < -0.39 is 0 Å². The second-order valence-electron chi connectivity index (χ2n) is 3.39. The second kappa shape index (κ2) is 6.39. The first-order valence-corrected chi connectivity index (χ1v) is 5.86. The van der Waals surface area contributed by atoms with E-state index >= 15 is 0 Å². The van der Waals surface area contributed by atoms with Crippen molar-refractivity contribution >= 4 is 27.7 Å². The maximum absolute atomic E-state index is 11.3. The molecule has 0 heterocycles. The van der Waals surface area contributed by atoms with Gasteiger partial charge in [-0.3, -0.25) is 9.59 Å². The van der Waals surface area contributed by atoms with E-state index in [-0.39, 0.29) is 25.0 Å². The molecule has 0 aliphatic heterocycles. The van der Waals surface area contributed by atoms with Crippen LogP contribution in [0.1, 0.15) is 24.2 Å². The fourth-order valence-electron chi connectivity index (χ4n) is 1.24. The first-order valence-electron chi connectivity index (χ1n) is 5.07. The normalized spacial score (nSPS) is 9.82. The molecule has 1 rings (SSSR count). The number of Topliss-reactive ketones (excluding diaryl/α,β-unsaturated/α-hetero) is 1. The summed E-state index contributed by atoms with van der Waals surface area (Å²) in [5.74, 6) is 0.0636. The highest BCUT2D eigenvalue weighted by molar-refractivity contribution is 9.10. The van der Waals surface area contributed by atoms with Crippen LogP contribution in [0.25, 0.3) is 0 Å². The number of ether oxygens (including phenoxy) is 2. The lowest BCUT2D eigenvalue weighted by molar-refractivity contribution is -0.141.